The Morgan fingerprint density at radius 2 is 0.643 bits per heavy atom. The van der Waals surface area contributed by atoms with Crippen LogP contribution in [-0.4, -0.2) is 37.9 Å². The van der Waals surface area contributed by atoms with Gasteiger partial charge in [0.05, 0.1) is 6.61 Å². The van der Waals surface area contributed by atoms with Gasteiger partial charge in [-0.1, -0.05) is 233 Å². The minimum atomic E-state index is -0.569. The van der Waals surface area contributed by atoms with E-state index in [1.165, 1.54) is 116 Å². The van der Waals surface area contributed by atoms with Gasteiger partial charge in [-0.15, -0.1) is 0 Å². The van der Waals surface area contributed by atoms with Crippen molar-refractivity contribution in [3.8, 4) is 0 Å². The van der Waals surface area contributed by atoms with Gasteiger partial charge in [-0.3, -0.25) is 9.59 Å². The van der Waals surface area contributed by atoms with Crippen LogP contribution in [0, 0.1) is 0 Å². The zero-order valence-electron chi connectivity index (χ0n) is 46.0. The van der Waals surface area contributed by atoms with Crippen molar-refractivity contribution < 1.29 is 23.8 Å². The highest BCUT2D eigenvalue weighted by Crippen LogP contribution is 2.14. The van der Waals surface area contributed by atoms with Gasteiger partial charge in [0.2, 0.25) is 0 Å². The predicted molar refractivity (Wildman–Crippen MR) is 306 cm³/mol. The van der Waals surface area contributed by atoms with Crippen LogP contribution >= 0.6 is 0 Å². The van der Waals surface area contributed by atoms with Crippen LogP contribution in [0.2, 0.25) is 0 Å². The summed E-state index contributed by atoms with van der Waals surface area (Å²) < 4.78 is 17.5. The van der Waals surface area contributed by atoms with Crippen LogP contribution in [0.25, 0.3) is 0 Å². The summed E-state index contributed by atoms with van der Waals surface area (Å²) in [5, 5.41) is 0. The van der Waals surface area contributed by atoms with E-state index in [9.17, 15) is 9.59 Å². The van der Waals surface area contributed by atoms with Crippen molar-refractivity contribution >= 4 is 11.9 Å². The first-order valence-corrected chi connectivity index (χ1v) is 29.4. The Balaban J connectivity index is 4.37. The molecular formula is C65H110O5. The van der Waals surface area contributed by atoms with Gasteiger partial charge in [0, 0.05) is 19.4 Å². The average molecular weight is 972 g/mol. The maximum absolute atomic E-state index is 12.9. The number of rotatable bonds is 53. The number of ether oxygens (including phenoxy) is 3. The van der Waals surface area contributed by atoms with Crippen molar-refractivity contribution in [1.29, 1.82) is 0 Å². The van der Waals surface area contributed by atoms with Crippen LogP contribution < -0.4 is 0 Å². The highest BCUT2D eigenvalue weighted by Gasteiger charge is 2.17. The molecule has 0 radical (unpaired) electrons. The lowest BCUT2D eigenvalue weighted by Gasteiger charge is -2.18. The number of carbonyl (C=O) groups is 2. The molecule has 70 heavy (non-hydrogen) atoms. The molecule has 0 fully saturated rings. The SMILES string of the molecule is CC/C=C\C/C=C\C/C=C\C/C=C\CCCCCOCC(COC(=O)CCCCCCCC/C=C\C/C=C\C/C=C\CCCCC)OC(=O)CCCCCCCCCCC/C=C\C/C=C\CCCCC. The highest BCUT2D eigenvalue weighted by molar-refractivity contribution is 5.70. The van der Waals surface area contributed by atoms with E-state index >= 15 is 0 Å². The maximum atomic E-state index is 12.9. The monoisotopic (exact) mass is 971 g/mol. The van der Waals surface area contributed by atoms with Crippen molar-refractivity contribution in [3.63, 3.8) is 0 Å². The average Bonchev–Trinajstić information content (AvgIpc) is 3.36. The molecule has 1 unspecified atom stereocenters. The molecule has 0 aromatic heterocycles. The lowest BCUT2D eigenvalue weighted by molar-refractivity contribution is -0.163. The molecule has 1 atom stereocenters. The van der Waals surface area contributed by atoms with E-state index in [1.807, 2.05) is 0 Å². The van der Waals surface area contributed by atoms with E-state index < -0.39 is 6.10 Å². The summed E-state index contributed by atoms with van der Waals surface area (Å²) in [7, 11) is 0. The molecule has 0 spiro atoms. The van der Waals surface area contributed by atoms with E-state index in [0.717, 1.165) is 116 Å². The van der Waals surface area contributed by atoms with Crippen LogP contribution in [0.4, 0.5) is 0 Å². The minimum absolute atomic E-state index is 0.0582. The summed E-state index contributed by atoms with van der Waals surface area (Å²) >= 11 is 0. The Hall–Kier alpha value is -3.44. The summed E-state index contributed by atoms with van der Waals surface area (Å²) in [4.78, 5) is 25.6. The molecular weight excluding hydrogens is 861 g/mol. The molecule has 400 valence electrons. The number of unbranched alkanes of at least 4 members (excludes halogenated alkanes) is 24. The van der Waals surface area contributed by atoms with Crippen molar-refractivity contribution in [2.75, 3.05) is 19.8 Å². The lowest BCUT2D eigenvalue weighted by Crippen LogP contribution is -2.30. The second kappa shape index (κ2) is 59.9. The summed E-state index contributed by atoms with van der Waals surface area (Å²) in [6.45, 7) is 7.58. The van der Waals surface area contributed by atoms with Gasteiger partial charge < -0.3 is 14.2 Å². The summed E-state index contributed by atoms with van der Waals surface area (Å²) in [6.07, 6.45) is 82.5. The number of esters is 2. The Morgan fingerprint density at radius 1 is 0.329 bits per heavy atom. The molecule has 0 saturated heterocycles. The number of hydrogen-bond acceptors (Lipinski definition) is 5. The Kier molecular flexibility index (Phi) is 56.9. The van der Waals surface area contributed by atoms with Gasteiger partial charge in [0.25, 0.3) is 0 Å². The molecule has 0 amide bonds. The van der Waals surface area contributed by atoms with Gasteiger partial charge in [0.1, 0.15) is 6.61 Å². The molecule has 0 aromatic rings. The standard InChI is InChI=1S/C65H110O5/c1-4-7-10-13-16-19-22-25-28-31-33-35-37-40-43-46-49-52-55-58-64(66)69-62-63(61-68-60-57-54-51-48-45-42-39-30-27-24-21-18-15-12-9-6-3)70-65(67)59-56-53-50-47-44-41-38-36-34-32-29-26-23-20-17-14-11-8-5-2/h9,12,16-21,25-30,33,35,42,45,63H,4-8,10-11,13-15,22-24,31-32,34,36-41,43-44,46-62H2,1-3H3/b12-9-,19-16-,20-17-,21-18-,28-25-,29-26-,30-27-,35-33-,45-42-. The second-order valence-electron chi connectivity index (χ2n) is 19.2. The topological polar surface area (TPSA) is 61.8 Å². The van der Waals surface area contributed by atoms with Gasteiger partial charge in [-0.05, 0) is 128 Å². The third-order valence-electron chi connectivity index (χ3n) is 12.3. The van der Waals surface area contributed by atoms with Crippen LogP contribution in [0.1, 0.15) is 265 Å². The summed E-state index contributed by atoms with van der Waals surface area (Å²) in [5.74, 6) is -0.434. The van der Waals surface area contributed by atoms with Crippen LogP contribution in [0.3, 0.4) is 0 Å². The maximum Gasteiger partial charge on any atom is 0.306 e. The molecule has 0 aromatic carbocycles. The molecule has 0 aliphatic heterocycles. The van der Waals surface area contributed by atoms with Gasteiger partial charge in [0.15, 0.2) is 6.10 Å². The van der Waals surface area contributed by atoms with Crippen LogP contribution in [-0.2, 0) is 23.8 Å². The Morgan fingerprint density at radius 3 is 1.03 bits per heavy atom. The van der Waals surface area contributed by atoms with Gasteiger partial charge in [-0.25, -0.2) is 0 Å². The number of hydrogen-bond donors (Lipinski definition) is 0. The molecule has 0 aliphatic rings. The van der Waals surface area contributed by atoms with E-state index in [2.05, 4.69) is 130 Å². The van der Waals surface area contributed by atoms with Gasteiger partial charge >= 0.3 is 11.9 Å². The first-order chi connectivity index (χ1) is 34.6. The summed E-state index contributed by atoms with van der Waals surface area (Å²) in [5.41, 5.74) is 0. The fraction of sp³-hybridized carbons (Fsp3) is 0.692. The Bertz CT molecular complexity index is 1380. The molecule has 0 bridgehead atoms. The van der Waals surface area contributed by atoms with Gasteiger partial charge in [-0.2, -0.15) is 0 Å². The van der Waals surface area contributed by atoms with Crippen molar-refractivity contribution in [2.24, 2.45) is 0 Å². The molecule has 0 heterocycles. The molecule has 0 rings (SSSR count). The van der Waals surface area contributed by atoms with Crippen molar-refractivity contribution in [2.45, 2.75) is 271 Å². The quantitative estimate of drug-likeness (QED) is 0.0345. The zero-order chi connectivity index (χ0) is 50.6. The fourth-order valence-electron chi connectivity index (χ4n) is 7.89. The minimum Gasteiger partial charge on any atom is -0.462 e. The second-order valence-corrected chi connectivity index (χ2v) is 19.2. The fourth-order valence-corrected chi connectivity index (χ4v) is 7.89. The Labute approximate surface area is 434 Å². The molecule has 5 heteroatoms. The van der Waals surface area contributed by atoms with Crippen LogP contribution in [0.15, 0.2) is 109 Å². The number of allylic oxidation sites excluding steroid dienone is 18. The van der Waals surface area contributed by atoms with Crippen molar-refractivity contribution in [3.05, 3.63) is 109 Å². The van der Waals surface area contributed by atoms with Crippen LogP contribution in [0.5, 0.6) is 0 Å². The third-order valence-corrected chi connectivity index (χ3v) is 12.3. The van der Waals surface area contributed by atoms with E-state index in [1.54, 1.807) is 0 Å². The lowest BCUT2D eigenvalue weighted by atomic mass is 10.1. The molecule has 0 aliphatic carbocycles. The number of carbonyl (C=O) groups excluding carboxylic acids is 2. The normalized spacial score (nSPS) is 13.0. The molecule has 5 nitrogen and oxygen atoms in total. The zero-order valence-corrected chi connectivity index (χ0v) is 46.0. The predicted octanol–water partition coefficient (Wildman–Crippen LogP) is 20.3. The molecule has 0 N–H and O–H groups in total. The first-order valence-electron chi connectivity index (χ1n) is 29.4. The van der Waals surface area contributed by atoms with Crippen molar-refractivity contribution in [1.82, 2.24) is 0 Å². The summed E-state index contributed by atoms with van der Waals surface area (Å²) in [6, 6.07) is 0. The highest BCUT2D eigenvalue weighted by atomic mass is 16.6. The van der Waals surface area contributed by atoms with E-state index in [4.69, 9.17) is 14.2 Å². The smallest absolute Gasteiger partial charge is 0.306 e. The van der Waals surface area contributed by atoms with E-state index in [-0.39, 0.29) is 25.2 Å². The first kappa shape index (κ1) is 66.6. The molecule has 0 saturated carbocycles. The van der Waals surface area contributed by atoms with E-state index in [0.29, 0.717) is 19.4 Å². The largest absolute Gasteiger partial charge is 0.462 e. The third kappa shape index (κ3) is 57.1.